The number of aliphatic hydroxyl groups is 1. The van der Waals surface area contributed by atoms with E-state index in [1.54, 1.807) is 6.08 Å². The lowest BCUT2D eigenvalue weighted by Crippen LogP contribution is -2.48. The van der Waals surface area contributed by atoms with Gasteiger partial charge in [-0.25, -0.2) is 0 Å². The Kier molecular flexibility index (Phi) is 1.00. The Labute approximate surface area is 52.9 Å². The molecule has 1 saturated heterocycles. The highest BCUT2D eigenvalue weighted by atomic mass is 16.6. The van der Waals surface area contributed by atoms with Gasteiger partial charge in [0.05, 0.1) is 6.61 Å². The minimum absolute atomic E-state index is 0.0266. The van der Waals surface area contributed by atoms with Crippen LogP contribution in [-0.4, -0.2) is 30.5 Å². The summed E-state index contributed by atoms with van der Waals surface area (Å²) in [7, 11) is 0. The first-order chi connectivity index (χ1) is 4.36. The standard InChI is InChI=1S/C6H8O3/c7-4-1-5-6(3-9-5)8-2-4/h1,5-7H,2-3H2. The third kappa shape index (κ3) is 0.730. The second kappa shape index (κ2) is 1.72. The largest absolute Gasteiger partial charge is 0.510 e. The van der Waals surface area contributed by atoms with Crippen LogP contribution in [-0.2, 0) is 9.47 Å². The van der Waals surface area contributed by atoms with Gasteiger partial charge in [-0.05, 0) is 6.08 Å². The summed E-state index contributed by atoms with van der Waals surface area (Å²) in [5, 5.41) is 8.89. The first-order valence-electron chi connectivity index (χ1n) is 2.99. The smallest absolute Gasteiger partial charge is 0.117 e. The van der Waals surface area contributed by atoms with Crippen LogP contribution in [0.2, 0.25) is 0 Å². The van der Waals surface area contributed by atoms with Crippen LogP contribution in [0.5, 0.6) is 0 Å². The van der Waals surface area contributed by atoms with Crippen LogP contribution < -0.4 is 0 Å². The van der Waals surface area contributed by atoms with Crippen molar-refractivity contribution in [3.63, 3.8) is 0 Å². The molecule has 1 fully saturated rings. The lowest BCUT2D eigenvalue weighted by atomic mass is 10.1. The maximum atomic E-state index is 8.89. The van der Waals surface area contributed by atoms with Crippen LogP contribution in [0.3, 0.4) is 0 Å². The number of fused-ring (bicyclic) bond motifs is 1. The molecule has 2 aliphatic rings. The van der Waals surface area contributed by atoms with Gasteiger partial charge in [0.1, 0.15) is 24.6 Å². The SMILES string of the molecule is OC1=CC2OCC2OC1. The van der Waals surface area contributed by atoms with Gasteiger partial charge in [0.15, 0.2) is 0 Å². The number of hydrogen-bond donors (Lipinski definition) is 1. The van der Waals surface area contributed by atoms with Gasteiger partial charge in [0, 0.05) is 0 Å². The van der Waals surface area contributed by atoms with Crippen molar-refractivity contribution >= 4 is 0 Å². The maximum absolute atomic E-state index is 8.89. The first kappa shape index (κ1) is 5.26. The van der Waals surface area contributed by atoms with E-state index in [1.807, 2.05) is 0 Å². The molecule has 2 rings (SSSR count). The van der Waals surface area contributed by atoms with Crippen molar-refractivity contribution in [1.82, 2.24) is 0 Å². The molecule has 2 unspecified atom stereocenters. The Morgan fingerprint density at radius 1 is 1.56 bits per heavy atom. The first-order valence-corrected chi connectivity index (χ1v) is 2.99. The van der Waals surface area contributed by atoms with Crippen molar-refractivity contribution < 1.29 is 14.6 Å². The summed E-state index contributed by atoms with van der Waals surface area (Å²) >= 11 is 0. The minimum Gasteiger partial charge on any atom is -0.510 e. The van der Waals surface area contributed by atoms with Crippen LogP contribution >= 0.6 is 0 Å². The third-order valence-corrected chi connectivity index (χ3v) is 1.62. The van der Waals surface area contributed by atoms with Crippen LogP contribution in [0.1, 0.15) is 0 Å². The van der Waals surface area contributed by atoms with E-state index in [0.717, 1.165) is 0 Å². The van der Waals surface area contributed by atoms with Crippen molar-refractivity contribution in [3.8, 4) is 0 Å². The van der Waals surface area contributed by atoms with Crippen molar-refractivity contribution in [2.24, 2.45) is 0 Å². The van der Waals surface area contributed by atoms with E-state index < -0.39 is 0 Å². The second-order valence-electron chi connectivity index (χ2n) is 2.31. The fourth-order valence-corrected chi connectivity index (χ4v) is 1.01. The Balaban J connectivity index is 2.11. The molecule has 1 N–H and O–H groups in total. The average Bonchev–Trinajstić information content (AvgIpc) is 1.78. The Morgan fingerprint density at radius 3 is 2.89 bits per heavy atom. The molecule has 0 amide bonds. The van der Waals surface area contributed by atoms with Gasteiger partial charge < -0.3 is 14.6 Å². The summed E-state index contributed by atoms with van der Waals surface area (Å²) < 4.78 is 10.2. The molecule has 0 spiro atoms. The lowest BCUT2D eigenvalue weighted by molar-refractivity contribution is -0.176. The van der Waals surface area contributed by atoms with Crippen molar-refractivity contribution in [2.45, 2.75) is 12.2 Å². The summed E-state index contributed by atoms with van der Waals surface area (Å²) in [6, 6.07) is 0. The predicted molar refractivity (Wildman–Crippen MR) is 30.2 cm³/mol. The molecule has 3 nitrogen and oxygen atoms in total. The van der Waals surface area contributed by atoms with Crippen molar-refractivity contribution in [2.75, 3.05) is 13.2 Å². The fraction of sp³-hybridized carbons (Fsp3) is 0.667. The van der Waals surface area contributed by atoms with E-state index in [0.29, 0.717) is 13.2 Å². The van der Waals surface area contributed by atoms with Crippen molar-refractivity contribution in [1.29, 1.82) is 0 Å². The lowest BCUT2D eigenvalue weighted by Gasteiger charge is -2.37. The van der Waals surface area contributed by atoms with E-state index >= 15 is 0 Å². The summed E-state index contributed by atoms with van der Waals surface area (Å²) in [6.07, 6.45) is 1.94. The van der Waals surface area contributed by atoms with Gasteiger partial charge in [0.25, 0.3) is 0 Å². The predicted octanol–water partition coefficient (Wildman–Crippen LogP) is 0.226. The van der Waals surface area contributed by atoms with E-state index in [9.17, 15) is 0 Å². The Bertz CT molecular complexity index is 152. The topological polar surface area (TPSA) is 38.7 Å². The van der Waals surface area contributed by atoms with Crippen molar-refractivity contribution in [3.05, 3.63) is 11.8 Å². The van der Waals surface area contributed by atoms with E-state index in [4.69, 9.17) is 14.6 Å². The van der Waals surface area contributed by atoms with Gasteiger partial charge in [-0.3, -0.25) is 0 Å². The highest BCUT2D eigenvalue weighted by Gasteiger charge is 2.34. The molecule has 2 aliphatic heterocycles. The fourth-order valence-electron chi connectivity index (χ4n) is 1.01. The van der Waals surface area contributed by atoms with E-state index in [-0.39, 0.29) is 18.0 Å². The molecule has 3 heteroatoms. The van der Waals surface area contributed by atoms with E-state index in [2.05, 4.69) is 0 Å². The molecule has 50 valence electrons. The normalized spacial score (nSPS) is 40.7. The summed E-state index contributed by atoms with van der Waals surface area (Å²) in [5.41, 5.74) is 0. The number of hydrogen-bond acceptors (Lipinski definition) is 3. The molecular weight excluding hydrogens is 120 g/mol. The molecule has 9 heavy (non-hydrogen) atoms. The maximum Gasteiger partial charge on any atom is 0.117 e. The van der Waals surface area contributed by atoms with Crippen LogP contribution in [0.25, 0.3) is 0 Å². The summed E-state index contributed by atoms with van der Waals surface area (Å²) in [4.78, 5) is 0. The van der Waals surface area contributed by atoms with Crippen LogP contribution in [0.4, 0.5) is 0 Å². The molecule has 0 aromatic heterocycles. The summed E-state index contributed by atoms with van der Waals surface area (Å²) in [6.45, 7) is 1.03. The molecule has 2 heterocycles. The third-order valence-electron chi connectivity index (χ3n) is 1.62. The summed E-state index contributed by atoms with van der Waals surface area (Å²) in [5.74, 6) is 0.288. The van der Waals surface area contributed by atoms with Gasteiger partial charge in [-0.15, -0.1) is 0 Å². The van der Waals surface area contributed by atoms with Crippen LogP contribution in [0.15, 0.2) is 11.8 Å². The highest BCUT2D eigenvalue weighted by Crippen LogP contribution is 2.22. The Morgan fingerprint density at radius 2 is 2.44 bits per heavy atom. The average molecular weight is 128 g/mol. The van der Waals surface area contributed by atoms with Gasteiger partial charge in [-0.2, -0.15) is 0 Å². The zero-order valence-corrected chi connectivity index (χ0v) is 4.91. The molecule has 0 bridgehead atoms. The molecule has 0 saturated carbocycles. The molecule has 0 aliphatic carbocycles. The van der Waals surface area contributed by atoms with Gasteiger partial charge in [0.2, 0.25) is 0 Å². The molecule has 0 aromatic rings. The number of rotatable bonds is 0. The zero-order valence-electron chi connectivity index (χ0n) is 4.91. The molecule has 0 radical (unpaired) electrons. The number of ether oxygens (including phenoxy) is 2. The van der Waals surface area contributed by atoms with Crippen LogP contribution in [0, 0.1) is 0 Å². The quantitative estimate of drug-likeness (QED) is 0.507. The second-order valence-corrected chi connectivity index (χ2v) is 2.31. The van der Waals surface area contributed by atoms with Gasteiger partial charge in [-0.1, -0.05) is 0 Å². The Hall–Kier alpha value is -0.540. The van der Waals surface area contributed by atoms with E-state index in [1.165, 1.54) is 0 Å². The molecule has 2 atom stereocenters. The minimum atomic E-state index is 0.0266. The number of aliphatic hydroxyl groups excluding tert-OH is 1. The van der Waals surface area contributed by atoms with Gasteiger partial charge >= 0.3 is 0 Å². The molecular formula is C6H8O3. The highest BCUT2D eigenvalue weighted by molar-refractivity contribution is 5.07. The molecule has 0 aromatic carbocycles. The zero-order chi connectivity index (χ0) is 6.27. The monoisotopic (exact) mass is 128 g/mol.